The first-order valence-electron chi connectivity index (χ1n) is 6.78. The summed E-state index contributed by atoms with van der Waals surface area (Å²) in [6, 6.07) is 3.02. The van der Waals surface area contributed by atoms with Crippen LogP contribution in [0.3, 0.4) is 0 Å². The first kappa shape index (κ1) is 15.4. The van der Waals surface area contributed by atoms with Crippen molar-refractivity contribution in [3.8, 4) is 6.07 Å². The van der Waals surface area contributed by atoms with Gasteiger partial charge in [-0.3, -0.25) is 4.90 Å². The maximum atomic E-state index is 9.30. The number of nitriles is 1. The summed E-state index contributed by atoms with van der Waals surface area (Å²) >= 11 is 0. The Hall–Kier alpha value is -0.630. The molecular weight excluding hydrogens is 226 g/mol. The van der Waals surface area contributed by atoms with Crippen LogP contribution >= 0.6 is 0 Å². The molecule has 0 radical (unpaired) electrons. The lowest BCUT2D eigenvalue weighted by Crippen LogP contribution is -2.51. The molecule has 18 heavy (non-hydrogen) atoms. The van der Waals surface area contributed by atoms with Gasteiger partial charge in [-0.25, -0.2) is 0 Å². The van der Waals surface area contributed by atoms with Crippen molar-refractivity contribution in [2.45, 2.75) is 45.6 Å². The summed E-state index contributed by atoms with van der Waals surface area (Å²) in [7, 11) is 1.74. The normalized spacial score (nSPS) is 31.1. The van der Waals surface area contributed by atoms with Gasteiger partial charge in [0.05, 0.1) is 19.1 Å². The predicted octanol–water partition coefficient (Wildman–Crippen LogP) is 2.27. The van der Waals surface area contributed by atoms with Crippen molar-refractivity contribution < 1.29 is 4.84 Å². The molecule has 4 nitrogen and oxygen atoms in total. The third-order valence-corrected chi connectivity index (χ3v) is 4.15. The number of hydrogen-bond donors (Lipinski definition) is 0. The van der Waals surface area contributed by atoms with Gasteiger partial charge in [-0.05, 0) is 12.8 Å². The van der Waals surface area contributed by atoms with E-state index in [0.29, 0.717) is 6.04 Å². The largest absolute Gasteiger partial charge is 0.302 e. The highest BCUT2D eigenvalue weighted by Crippen LogP contribution is 2.27. The molecule has 2 unspecified atom stereocenters. The molecular formula is C14H27N3O. The summed E-state index contributed by atoms with van der Waals surface area (Å²) in [5.74, 6) is 0.242. The second-order valence-corrected chi connectivity index (χ2v) is 5.09. The van der Waals surface area contributed by atoms with E-state index in [-0.39, 0.29) is 13.3 Å². The van der Waals surface area contributed by atoms with Gasteiger partial charge >= 0.3 is 0 Å². The lowest BCUT2D eigenvalue weighted by Gasteiger charge is -2.39. The molecule has 1 saturated heterocycles. The summed E-state index contributed by atoms with van der Waals surface area (Å²) in [5, 5.41) is 11.3. The van der Waals surface area contributed by atoms with Gasteiger partial charge in [0.25, 0.3) is 0 Å². The Bertz CT molecular complexity index is 269. The van der Waals surface area contributed by atoms with Crippen LogP contribution in [0.1, 0.15) is 39.5 Å². The Balaban J connectivity index is 0.00000162. The third-order valence-electron chi connectivity index (χ3n) is 4.15. The zero-order valence-electron chi connectivity index (χ0n) is 10.8. The summed E-state index contributed by atoms with van der Waals surface area (Å²) in [4.78, 5) is 7.75. The smallest absolute Gasteiger partial charge is 0.0672 e. The van der Waals surface area contributed by atoms with Gasteiger partial charge in [0.1, 0.15) is 0 Å². The van der Waals surface area contributed by atoms with E-state index in [4.69, 9.17) is 4.84 Å². The molecule has 1 aliphatic heterocycles. The van der Waals surface area contributed by atoms with Gasteiger partial charge in [0, 0.05) is 32.2 Å². The molecule has 4 heteroatoms. The van der Waals surface area contributed by atoms with Crippen LogP contribution in [0.15, 0.2) is 0 Å². The molecule has 0 aromatic carbocycles. The van der Waals surface area contributed by atoms with Crippen LogP contribution in [0.5, 0.6) is 0 Å². The molecule has 0 bridgehead atoms. The minimum atomic E-state index is 0. The fourth-order valence-electron chi connectivity index (χ4n) is 3.09. The molecule has 0 amide bonds. The van der Waals surface area contributed by atoms with Gasteiger partial charge < -0.3 is 4.84 Å². The van der Waals surface area contributed by atoms with E-state index in [1.165, 1.54) is 25.7 Å². The van der Waals surface area contributed by atoms with E-state index in [0.717, 1.165) is 32.6 Å². The van der Waals surface area contributed by atoms with Crippen molar-refractivity contribution >= 4 is 0 Å². The van der Waals surface area contributed by atoms with Crippen molar-refractivity contribution in [3.63, 3.8) is 0 Å². The Morgan fingerprint density at radius 1 is 1.06 bits per heavy atom. The van der Waals surface area contributed by atoms with Crippen molar-refractivity contribution in [2.24, 2.45) is 5.92 Å². The van der Waals surface area contributed by atoms with Crippen molar-refractivity contribution in [2.75, 3.05) is 33.3 Å². The van der Waals surface area contributed by atoms with E-state index in [9.17, 15) is 5.26 Å². The number of rotatable bonds is 2. The van der Waals surface area contributed by atoms with Crippen LogP contribution in [0.25, 0.3) is 0 Å². The van der Waals surface area contributed by atoms with E-state index in [1.807, 2.05) is 5.06 Å². The van der Waals surface area contributed by atoms with Gasteiger partial charge in [-0.2, -0.15) is 10.3 Å². The molecule has 2 atom stereocenters. The molecule has 2 aliphatic rings. The van der Waals surface area contributed by atoms with Crippen LogP contribution in [0, 0.1) is 17.2 Å². The predicted molar refractivity (Wildman–Crippen MR) is 72.9 cm³/mol. The summed E-state index contributed by atoms with van der Waals surface area (Å²) < 4.78 is 0. The van der Waals surface area contributed by atoms with E-state index >= 15 is 0 Å². The molecule has 2 rings (SSSR count). The SMILES string of the molecule is C.CON1CCN(C2CCCCCC2C#N)CC1. The molecule has 0 spiro atoms. The fourth-order valence-corrected chi connectivity index (χ4v) is 3.09. The maximum absolute atomic E-state index is 9.30. The molecule has 0 aromatic rings. The lowest BCUT2D eigenvalue weighted by atomic mass is 9.94. The number of hydrogen-bond acceptors (Lipinski definition) is 4. The first-order chi connectivity index (χ1) is 8.35. The zero-order chi connectivity index (χ0) is 12.1. The average Bonchev–Trinajstić information content (AvgIpc) is 2.64. The Labute approximate surface area is 111 Å². The summed E-state index contributed by atoms with van der Waals surface area (Å²) in [6.45, 7) is 4.00. The van der Waals surface area contributed by atoms with Gasteiger partial charge in [0.15, 0.2) is 0 Å². The topological polar surface area (TPSA) is 39.5 Å². The third kappa shape index (κ3) is 3.68. The van der Waals surface area contributed by atoms with Crippen molar-refractivity contribution in [3.05, 3.63) is 0 Å². The van der Waals surface area contributed by atoms with Crippen molar-refractivity contribution in [1.29, 1.82) is 5.26 Å². The molecule has 104 valence electrons. The monoisotopic (exact) mass is 253 g/mol. The Morgan fingerprint density at radius 3 is 2.33 bits per heavy atom. The van der Waals surface area contributed by atoms with Gasteiger partial charge in [-0.1, -0.05) is 26.7 Å². The van der Waals surface area contributed by atoms with E-state index < -0.39 is 0 Å². The molecule has 1 heterocycles. The first-order valence-corrected chi connectivity index (χ1v) is 6.78. The molecule has 0 N–H and O–H groups in total. The number of hydroxylamine groups is 2. The fraction of sp³-hybridized carbons (Fsp3) is 0.929. The second kappa shape index (κ2) is 7.73. The number of piperazine rings is 1. The van der Waals surface area contributed by atoms with Crippen LogP contribution in [-0.4, -0.2) is 49.3 Å². The van der Waals surface area contributed by atoms with E-state index in [2.05, 4.69) is 11.0 Å². The highest BCUT2D eigenvalue weighted by atomic mass is 16.7. The Morgan fingerprint density at radius 2 is 1.72 bits per heavy atom. The minimum absolute atomic E-state index is 0. The minimum Gasteiger partial charge on any atom is -0.302 e. The molecule has 0 aromatic heterocycles. The highest BCUT2D eigenvalue weighted by molar-refractivity contribution is 4.95. The van der Waals surface area contributed by atoms with Crippen LogP contribution in [-0.2, 0) is 4.84 Å². The second-order valence-electron chi connectivity index (χ2n) is 5.09. The van der Waals surface area contributed by atoms with Gasteiger partial charge in [-0.15, -0.1) is 0 Å². The van der Waals surface area contributed by atoms with Crippen molar-refractivity contribution in [1.82, 2.24) is 9.96 Å². The van der Waals surface area contributed by atoms with E-state index in [1.54, 1.807) is 7.11 Å². The molecule has 1 aliphatic carbocycles. The summed E-state index contributed by atoms with van der Waals surface area (Å²) in [6.07, 6.45) is 6.10. The average molecular weight is 253 g/mol. The van der Waals surface area contributed by atoms with Crippen LogP contribution in [0.2, 0.25) is 0 Å². The zero-order valence-corrected chi connectivity index (χ0v) is 10.8. The molecule has 1 saturated carbocycles. The standard InChI is InChI=1S/C13H23N3O.CH4/c1-17-16-9-7-15(8-10-16)13-6-4-2-3-5-12(13)11-14;/h12-13H,2-10H2,1H3;1H4. The lowest BCUT2D eigenvalue weighted by molar-refractivity contribution is -0.156. The number of nitrogens with zero attached hydrogens (tertiary/aromatic N) is 3. The quantitative estimate of drug-likeness (QED) is 0.708. The van der Waals surface area contributed by atoms with Gasteiger partial charge in [0.2, 0.25) is 0 Å². The maximum Gasteiger partial charge on any atom is 0.0672 e. The summed E-state index contributed by atoms with van der Waals surface area (Å²) in [5.41, 5.74) is 0. The molecule has 2 fully saturated rings. The highest BCUT2D eigenvalue weighted by Gasteiger charge is 2.30. The Kier molecular flexibility index (Phi) is 6.62. The van der Waals surface area contributed by atoms with Crippen LogP contribution < -0.4 is 0 Å². The van der Waals surface area contributed by atoms with Crippen LogP contribution in [0.4, 0.5) is 0 Å².